The van der Waals surface area contributed by atoms with Gasteiger partial charge in [0.15, 0.2) is 5.78 Å². The second kappa shape index (κ2) is 11.9. The lowest BCUT2D eigenvalue weighted by molar-refractivity contribution is -0.115. The third-order valence-corrected chi connectivity index (χ3v) is 16.2. The predicted octanol–water partition coefficient (Wildman–Crippen LogP) is 7.83. The number of nitrogens with zero attached hydrogens (tertiary/aromatic N) is 1. The number of carbonyl (C=O) groups excluding carboxylic acids is 2. The van der Waals surface area contributed by atoms with Crippen molar-refractivity contribution >= 4 is 11.9 Å². The van der Waals surface area contributed by atoms with Gasteiger partial charge in [-0.05, 0) is 119 Å². The molecule has 9 rings (SSSR count). The molecule has 10 atom stereocenters. The molecule has 7 nitrogen and oxygen atoms in total. The van der Waals surface area contributed by atoms with Crippen LogP contribution in [-0.4, -0.2) is 67.4 Å². The molecule has 9 aliphatic rings. The lowest BCUT2D eigenvalue weighted by Gasteiger charge is -2.54. The number of likely N-dealkylation sites (N-methyl/N-ethyl adjacent to an activating group) is 1. The molecule has 2 N–H and O–H groups in total. The van der Waals surface area contributed by atoms with Crippen LogP contribution in [0.3, 0.4) is 0 Å². The molecule has 0 aromatic carbocycles. The van der Waals surface area contributed by atoms with E-state index in [9.17, 15) is 14.7 Å². The zero-order valence-electron chi connectivity index (χ0n) is 31.4. The molecule has 7 heteroatoms. The number of rotatable bonds is 3. The summed E-state index contributed by atoms with van der Waals surface area (Å²) in [7, 11) is 5.63. The topological polar surface area (TPSA) is 88.1 Å². The van der Waals surface area contributed by atoms with Gasteiger partial charge in [0.05, 0.1) is 25.0 Å². The van der Waals surface area contributed by atoms with Gasteiger partial charge in [-0.15, -0.1) is 0 Å². The minimum absolute atomic E-state index is 0.0314. The van der Waals surface area contributed by atoms with Crippen LogP contribution in [0.25, 0.3) is 0 Å². The number of ether oxygens (including phenoxy) is 2. The summed E-state index contributed by atoms with van der Waals surface area (Å²) in [6.45, 7) is 8.79. The molecule has 0 aromatic rings. The van der Waals surface area contributed by atoms with Crippen molar-refractivity contribution in [3.63, 3.8) is 0 Å². The van der Waals surface area contributed by atoms with Gasteiger partial charge in [0.25, 0.3) is 0 Å². The summed E-state index contributed by atoms with van der Waals surface area (Å²) in [4.78, 5) is 25.8. The molecule has 3 saturated carbocycles. The first kappa shape index (κ1) is 34.4. The van der Waals surface area contributed by atoms with Crippen molar-refractivity contribution < 1.29 is 24.2 Å². The van der Waals surface area contributed by atoms with E-state index in [-0.39, 0.29) is 27.9 Å². The molecule has 0 radical (unpaired) electrons. The highest BCUT2D eigenvalue weighted by molar-refractivity contribution is 5.92. The Bertz CT molecular complexity index is 1620. The second-order valence-corrected chi connectivity index (χ2v) is 18.2. The fraction of sp³-hybridized carbons (Fsp3) is 0.721. The Morgan fingerprint density at radius 1 is 0.900 bits per heavy atom. The Labute approximate surface area is 299 Å². The lowest BCUT2D eigenvalue weighted by atomic mass is 9.50. The quantitative estimate of drug-likeness (QED) is 0.295. The van der Waals surface area contributed by atoms with E-state index in [0.717, 1.165) is 89.5 Å². The van der Waals surface area contributed by atoms with Crippen LogP contribution in [-0.2, 0) is 14.3 Å². The van der Waals surface area contributed by atoms with Gasteiger partial charge in [-0.3, -0.25) is 4.79 Å². The minimum atomic E-state index is -0.499. The molecule has 1 aliphatic heterocycles. The minimum Gasteiger partial charge on any atom is -0.501 e. The average Bonchev–Trinajstić information content (AvgIpc) is 3.69. The first-order valence-corrected chi connectivity index (χ1v) is 19.7. The van der Waals surface area contributed by atoms with Crippen LogP contribution in [0.15, 0.2) is 58.4 Å². The molecule has 4 unspecified atom stereocenters. The van der Waals surface area contributed by atoms with Crippen molar-refractivity contribution in [3.05, 3.63) is 58.4 Å². The van der Waals surface area contributed by atoms with Crippen LogP contribution in [0.5, 0.6) is 0 Å². The largest absolute Gasteiger partial charge is 0.501 e. The summed E-state index contributed by atoms with van der Waals surface area (Å²) >= 11 is 0. The summed E-state index contributed by atoms with van der Waals surface area (Å²) in [5.74, 6) is 3.92. The van der Waals surface area contributed by atoms with E-state index in [1.165, 1.54) is 17.6 Å². The van der Waals surface area contributed by atoms with Crippen molar-refractivity contribution in [3.8, 4) is 0 Å². The normalized spacial score (nSPS) is 45.5. The molecular weight excluding hydrogens is 624 g/mol. The fourth-order valence-corrected chi connectivity index (χ4v) is 13.2. The number of amides is 1. The fourth-order valence-electron chi connectivity index (χ4n) is 13.2. The molecule has 0 aromatic heterocycles. The molecule has 272 valence electrons. The van der Waals surface area contributed by atoms with Gasteiger partial charge in [0.1, 0.15) is 5.60 Å². The van der Waals surface area contributed by atoms with Crippen LogP contribution in [0.4, 0.5) is 4.79 Å². The smallest absolute Gasteiger partial charge is 0.410 e. The number of carbonyl (C=O) groups is 2. The summed E-state index contributed by atoms with van der Waals surface area (Å²) < 4.78 is 11.5. The first-order chi connectivity index (χ1) is 23.8. The van der Waals surface area contributed by atoms with Gasteiger partial charge < -0.3 is 24.8 Å². The molecule has 1 heterocycles. The van der Waals surface area contributed by atoms with E-state index in [1.807, 2.05) is 20.2 Å². The maximum atomic E-state index is 12.2. The number of hydrogen-bond acceptors (Lipinski definition) is 6. The van der Waals surface area contributed by atoms with Crippen LogP contribution in [0.1, 0.15) is 104 Å². The molecule has 50 heavy (non-hydrogen) atoms. The summed E-state index contributed by atoms with van der Waals surface area (Å²) in [6, 6.07) is 0. The van der Waals surface area contributed by atoms with Crippen molar-refractivity contribution in [2.45, 2.75) is 115 Å². The first-order valence-electron chi connectivity index (χ1n) is 19.7. The van der Waals surface area contributed by atoms with Crippen molar-refractivity contribution in [1.82, 2.24) is 10.2 Å². The zero-order chi connectivity index (χ0) is 35.3. The molecule has 1 spiro atoms. The van der Waals surface area contributed by atoms with E-state index >= 15 is 0 Å². The highest BCUT2D eigenvalue weighted by atomic mass is 16.6. The highest BCUT2D eigenvalue weighted by Gasteiger charge is 2.66. The van der Waals surface area contributed by atoms with Crippen LogP contribution >= 0.6 is 0 Å². The Kier molecular flexibility index (Phi) is 8.23. The monoisotopic (exact) mass is 684 g/mol. The van der Waals surface area contributed by atoms with Crippen LogP contribution in [0.2, 0.25) is 0 Å². The summed E-state index contributed by atoms with van der Waals surface area (Å²) in [6.07, 6.45) is 24.7. The molecule has 1 amide bonds. The highest BCUT2D eigenvalue weighted by Crippen LogP contribution is 2.67. The Morgan fingerprint density at radius 3 is 2.40 bits per heavy atom. The maximum Gasteiger partial charge on any atom is 0.410 e. The van der Waals surface area contributed by atoms with Gasteiger partial charge >= 0.3 is 6.09 Å². The molecular formula is C43H60N2O5. The summed E-state index contributed by atoms with van der Waals surface area (Å²) in [5.41, 5.74) is 5.43. The zero-order valence-corrected chi connectivity index (χ0v) is 31.4. The Hall–Kier alpha value is -2.64. The van der Waals surface area contributed by atoms with E-state index in [1.54, 1.807) is 23.2 Å². The standard InChI is InChI=1S/C22H29NO3.C21H31NO2/c1-20-9-6-15(24)12-14(20)4-5-16-17(20)7-10-21(2)18(16)8-11-22(21)13-23(3)19(25)26-22;1-20-10-8-16(24-3)12-14(20)4-6-17-18(20)9-11-21(23)15(13-22-2)5-7-19(17)21/h7,12,16,18H,4-6,8-11,13H2,1-3H3;4,9,12,15,17,19,22-23H,5-8,10-11,13H2,1-3H3/t16?,18?,20-,21-,22+;15-,17?,19?,20-,21-/m00/s1. The third kappa shape index (κ3) is 4.80. The number of hydrogen-bond donors (Lipinski definition) is 2. The van der Waals surface area contributed by atoms with Crippen molar-refractivity contribution in [2.75, 3.05) is 34.3 Å². The van der Waals surface area contributed by atoms with Gasteiger partial charge in [-0.1, -0.05) is 55.7 Å². The van der Waals surface area contributed by atoms with Crippen molar-refractivity contribution in [2.24, 2.45) is 45.8 Å². The van der Waals surface area contributed by atoms with Gasteiger partial charge in [0, 0.05) is 48.6 Å². The van der Waals surface area contributed by atoms with E-state index < -0.39 is 5.60 Å². The SMILES string of the molecule is CN1C[C@@]2(CCC3C4CCC5=CC(=O)CC[C@]5(C)C4=CC[C@@]32C)OC1=O.CNC[C@@H]1CCC2C3CC=C4C=C(OC)CC[C@]4(C)C3=CC[C@@]21O. The maximum absolute atomic E-state index is 12.2. The number of ketones is 1. The predicted molar refractivity (Wildman–Crippen MR) is 195 cm³/mol. The molecule has 8 aliphatic carbocycles. The number of methoxy groups -OCH3 is 1. The third-order valence-electron chi connectivity index (χ3n) is 16.2. The van der Waals surface area contributed by atoms with Crippen molar-refractivity contribution in [1.29, 1.82) is 0 Å². The lowest BCUT2D eigenvalue weighted by Crippen LogP contribution is -2.52. The van der Waals surface area contributed by atoms with Crippen LogP contribution in [0, 0.1) is 45.8 Å². The summed E-state index contributed by atoms with van der Waals surface area (Å²) in [5, 5.41) is 14.8. The van der Waals surface area contributed by atoms with E-state index in [4.69, 9.17) is 9.47 Å². The number of nitrogens with one attached hydrogen (secondary N) is 1. The second-order valence-electron chi connectivity index (χ2n) is 18.2. The van der Waals surface area contributed by atoms with Gasteiger partial charge in [-0.2, -0.15) is 0 Å². The van der Waals surface area contributed by atoms with Gasteiger partial charge in [0.2, 0.25) is 0 Å². The molecule has 1 saturated heterocycles. The molecule has 4 fully saturated rings. The van der Waals surface area contributed by atoms with Gasteiger partial charge in [-0.25, -0.2) is 4.79 Å². The average molecular weight is 685 g/mol. The Morgan fingerprint density at radius 2 is 1.66 bits per heavy atom. The van der Waals surface area contributed by atoms with E-state index in [0.29, 0.717) is 41.8 Å². The number of aliphatic hydroxyl groups is 1. The Balaban J connectivity index is 0.000000145. The molecule has 0 bridgehead atoms. The van der Waals surface area contributed by atoms with Crippen LogP contribution < -0.4 is 5.32 Å². The number of fused-ring (bicyclic) bond motifs is 11. The number of allylic oxidation sites excluding steroid dienone is 9. The van der Waals surface area contributed by atoms with E-state index in [2.05, 4.69) is 50.4 Å².